The summed E-state index contributed by atoms with van der Waals surface area (Å²) in [6.45, 7) is 7.26. The molecule has 0 amide bonds. The van der Waals surface area contributed by atoms with Crippen molar-refractivity contribution in [2.24, 2.45) is 0 Å². The van der Waals surface area contributed by atoms with Crippen molar-refractivity contribution in [1.82, 2.24) is 24.6 Å². The first-order chi connectivity index (χ1) is 10.3. The fourth-order valence-electron chi connectivity index (χ4n) is 3.16. The first kappa shape index (κ1) is 14.3. The van der Waals surface area contributed by atoms with Crippen molar-refractivity contribution in [2.45, 2.75) is 58.7 Å². The second kappa shape index (κ2) is 6.43. The van der Waals surface area contributed by atoms with Crippen LogP contribution in [0.2, 0.25) is 0 Å². The van der Waals surface area contributed by atoms with Gasteiger partial charge >= 0.3 is 0 Å². The minimum absolute atomic E-state index is 0.448. The third-order valence-electron chi connectivity index (χ3n) is 4.29. The monoisotopic (exact) mass is 287 g/mol. The van der Waals surface area contributed by atoms with E-state index < -0.39 is 0 Å². The van der Waals surface area contributed by atoms with Gasteiger partial charge in [0, 0.05) is 31.4 Å². The minimum Gasteiger partial charge on any atom is -0.346 e. The Morgan fingerprint density at radius 2 is 2.19 bits per heavy atom. The molecule has 0 aromatic carbocycles. The van der Waals surface area contributed by atoms with Crippen molar-refractivity contribution < 1.29 is 0 Å². The highest BCUT2D eigenvalue weighted by Gasteiger charge is 2.16. The molecule has 0 saturated carbocycles. The zero-order valence-corrected chi connectivity index (χ0v) is 13.0. The zero-order valence-electron chi connectivity index (χ0n) is 13.0. The predicted molar refractivity (Wildman–Crippen MR) is 83.2 cm³/mol. The Morgan fingerprint density at radius 1 is 1.29 bits per heavy atom. The average Bonchev–Trinajstić information content (AvgIpc) is 3.13. The molecular weight excluding hydrogens is 262 g/mol. The van der Waals surface area contributed by atoms with Crippen LogP contribution in [0.4, 0.5) is 0 Å². The van der Waals surface area contributed by atoms with Crippen LogP contribution in [0.15, 0.2) is 18.5 Å². The Hall–Kier alpha value is -1.62. The van der Waals surface area contributed by atoms with E-state index in [1.54, 1.807) is 0 Å². The molecule has 3 rings (SSSR count). The second-order valence-corrected chi connectivity index (χ2v) is 5.78. The van der Waals surface area contributed by atoms with Crippen LogP contribution in [0.3, 0.4) is 0 Å². The number of aromatic nitrogens is 4. The standard InChI is InChI=1S/C16H25N5/c1-3-14(17-4-2)13-8-10-20(11-13)12-16-19-18-15-7-5-6-9-21(15)16/h8,10-11,14,17H,3-7,9,12H2,1-2H3. The van der Waals surface area contributed by atoms with Gasteiger partial charge in [0.15, 0.2) is 5.82 Å². The Bertz CT molecular complexity index is 583. The van der Waals surface area contributed by atoms with E-state index in [4.69, 9.17) is 0 Å². The fourth-order valence-corrected chi connectivity index (χ4v) is 3.16. The van der Waals surface area contributed by atoms with Gasteiger partial charge in [-0.15, -0.1) is 10.2 Å². The van der Waals surface area contributed by atoms with E-state index in [1.165, 1.54) is 18.4 Å². The quantitative estimate of drug-likeness (QED) is 0.888. The lowest BCUT2D eigenvalue weighted by atomic mass is 10.1. The van der Waals surface area contributed by atoms with Crippen molar-refractivity contribution >= 4 is 0 Å². The van der Waals surface area contributed by atoms with Crippen LogP contribution in [-0.2, 0) is 19.5 Å². The van der Waals surface area contributed by atoms with Gasteiger partial charge in [-0.2, -0.15) is 0 Å². The minimum atomic E-state index is 0.448. The summed E-state index contributed by atoms with van der Waals surface area (Å²) in [6.07, 6.45) is 9.06. The third kappa shape index (κ3) is 3.02. The number of nitrogens with zero attached hydrogens (tertiary/aromatic N) is 4. The van der Waals surface area contributed by atoms with Crippen molar-refractivity contribution in [3.8, 4) is 0 Å². The summed E-state index contributed by atoms with van der Waals surface area (Å²) in [5, 5.41) is 12.2. The van der Waals surface area contributed by atoms with Gasteiger partial charge in [0.05, 0.1) is 6.54 Å². The molecule has 0 saturated heterocycles. The maximum atomic E-state index is 4.38. The highest BCUT2D eigenvalue weighted by molar-refractivity contribution is 5.16. The van der Waals surface area contributed by atoms with E-state index in [2.05, 4.69) is 57.0 Å². The lowest BCUT2D eigenvalue weighted by molar-refractivity contribution is 0.501. The van der Waals surface area contributed by atoms with Gasteiger partial charge in [0.2, 0.25) is 0 Å². The number of fused-ring (bicyclic) bond motifs is 1. The molecular formula is C16H25N5. The van der Waals surface area contributed by atoms with E-state index in [1.807, 2.05) is 0 Å². The number of aryl methyl sites for hydroxylation is 1. The van der Waals surface area contributed by atoms with Crippen molar-refractivity contribution in [2.75, 3.05) is 6.54 Å². The summed E-state index contributed by atoms with van der Waals surface area (Å²) in [6, 6.07) is 2.66. The van der Waals surface area contributed by atoms with Gasteiger partial charge in [-0.1, -0.05) is 13.8 Å². The van der Waals surface area contributed by atoms with Crippen molar-refractivity contribution in [3.05, 3.63) is 35.7 Å². The van der Waals surface area contributed by atoms with E-state index >= 15 is 0 Å². The van der Waals surface area contributed by atoms with Crippen LogP contribution < -0.4 is 5.32 Å². The zero-order chi connectivity index (χ0) is 14.7. The molecule has 1 unspecified atom stereocenters. The van der Waals surface area contributed by atoms with E-state index in [-0.39, 0.29) is 0 Å². The predicted octanol–water partition coefficient (Wildman–Crippen LogP) is 2.52. The molecule has 114 valence electrons. The van der Waals surface area contributed by atoms with E-state index in [0.717, 1.165) is 44.1 Å². The summed E-state index contributed by atoms with van der Waals surface area (Å²) >= 11 is 0. The molecule has 5 nitrogen and oxygen atoms in total. The third-order valence-corrected chi connectivity index (χ3v) is 4.29. The number of nitrogens with one attached hydrogen (secondary N) is 1. The summed E-state index contributed by atoms with van der Waals surface area (Å²) in [5.74, 6) is 2.24. The molecule has 0 aliphatic carbocycles. The van der Waals surface area contributed by atoms with Crippen LogP contribution in [0, 0.1) is 0 Å². The Morgan fingerprint density at radius 3 is 3.00 bits per heavy atom. The van der Waals surface area contributed by atoms with Crippen LogP contribution in [0.5, 0.6) is 0 Å². The molecule has 5 heteroatoms. The number of hydrogen-bond donors (Lipinski definition) is 1. The van der Waals surface area contributed by atoms with Crippen LogP contribution >= 0.6 is 0 Å². The second-order valence-electron chi connectivity index (χ2n) is 5.78. The van der Waals surface area contributed by atoms with Gasteiger partial charge < -0.3 is 14.5 Å². The molecule has 1 aliphatic heterocycles. The summed E-state index contributed by atoms with van der Waals surface area (Å²) in [7, 11) is 0. The molecule has 0 radical (unpaired) electrons. The fraction of sp³-hybridized carbons (Fsp3) is 0.625. The van der Waals surface area contributed by atoms with E-state index in [9.17, 15) is 0 Å². The van der Waals surface area contributed by atoms with Gasteiger partial charge in [-0.25, -0.2) is 0 Å². The van der Waals surface area contributed by atoms with Crippen molar-refractivity contribution in [3.63, 3.8) is 0 Å². The van der Waals surface area contributed by atoms with Gasteiger partial charge in [0.1, 0.15) is 5.82 Å². The number of rotatable bonds is 6. The Balaban J connectivity index is 1.74. The first-order valence-electron chi connectivity index (χ1n) is 8.11. The summed E-state index contributed by atoms with van der Waals surface area (Å²) in [5.41, 5.74) is 1.36. The normalized spacial score (nSPS) is 15.9. The van der Waals surface area contributed by atoms with Crippen LogP contribution in [0.25, 0.3) is 0 Å². The lowest BCUT2D eigenvalue weighted by Gasteiger charge is -2.15. The maximum absolute atomic E-state index is 4.38. The summed E-state index contributed by atoms with van der Waals surface area (Å²) in [4.78, 5) is 0. The molecule has 1 atom stereocenters. The topological polar surface area (TPSA) is 47.7 Å². The lowest BCUT2D eigenvalue weighted by Crippen LogP contribution is -2.19. The largest absolute Gasteiger partial charge is 0.346 e. The molecule has 1 N–H and O–H groups in total. The molecule has 2 aromatic heterocycles. The Labute approximate surface area is 126 Å². The Kier molecular flexibility index (Phi) is 4.39. The molecule has 0 spiro atoms. The van der Waals surface area contributed by atoms with E-state index in [0.29, 0.717) is 6.04 Å². The molecule has 0 bridgehead atoms. The molecule has 21 heavy (non-hydrogen) atoms. The molecule has 3 heterocycles. The molecule has 1 aliphatic rings. The first-order valence-corrected chi connectivity index (χ1v) is 8.11. The SMILES string of the molecule is CCNC(CC)c1ccn(Cc2nnc3n2CCCC3)c1. The molecule has 0 fully saturated rings. The van der Waals surface area contributed by atoms with Gasteiger partial charge in [0.25, 0.3) is 0 Å². The highest BCUT2D eigenvalue weighted by atomic mass is 15.3. The highest BCUT2D eigenvalue weighted by Crippen LogP contribution is 2.19. The van der Waals surface area contributed by atoms with Crippen LogP contribution in [-0.4, -0.2) is 25.9 Å². The van der Waals surface area contributed by atoms with Gasteiger partial charge in [-0.05, 0) is 37.4 Å². The smallest absolute Gasteiger partial charge is 0.152 e. The maximum Gasteiger partial charge on any atom is 0.152 e. The molecule has 2 aromatic rings. The number of hydrogen-bond acceptors (Lipinski definition) is 3. The van der Waals surface area contributed by atoms with Gasteiger partial charge in [-0.3, -0.25) is 0 Å². The average molecular weight is 287 g/mol. The van der Waals surface area contributed by atoms with Crippen molar-refractivity contribution in [1.29, 1.82) is 0 Å². The van der Waals surface area contributed by atoms with Crippen LogP contribution in [0.1, 0.15) is 56.4 Å². The summed E-state index contributed by atoms with van der Waals surface area (Å²) < 4.78 is 4.52.